The predicted octanol–water partition coefficient (Wildman–Crippen LogP) is 4.07. The molecule has 2 N–H and O–H groups in total. The second-order valence-corrected chi connectivity index (χ2v) is 8.62. The van der Waals surface area contributed by atoms with Crippen molar-refractivity contribution in [3.63, 3.8) is 0 Å². The smallest absolute Gasteiger partial charge is 0.247 e. The van der Waals surface area contributed by atoms with Gasteiger partial charge >= 0.3 is 0 Å². The average molecular weight is 503 g/mol. The zero-order valence-corrected chi connectivity index (χ0v) is 20.7. The number of carbonyl (C=O) groups excluding carboxylic acids is 1. The number of nitrogens with one attached hydrogen (secondary N) is 2. The second-order valence-electron chi connectivity index (χ2n) is 8.62. The molecule has 1 atom stereocenters. The lowest BCUT2D eigenvalue weighted by atomic mass is 10.0. The SMILES string of the molecule is C=CC(=O)Nc1cc(Nc2cc(N3OCC[C@H]3c3ccccc3)ncn2)c(OC)cc1N1CCOCC1. The topological polar surface area (TPSA) is 101 Å². The first-order chi connectivity index (χ1) is 18.2. The van der Waals surface area contributed by atoms with Crippen molar-refractivity contribution in [1.82, 2.24) is 9.97 Å². The van der Waals surface area contributed by atoms with Gasteiger partial charge in [-0.3, -0.25) is 9.63 Å². The van der Waals surface area contributed by atoms with Gasteiger partial charge in [0, 0.05) is 31.6 Å². The lowest BCUT2D eigenvalue weighted by molar-refractivity contribution is -0.111. The maximum atomic E-state index is 12.2. The summed E-state index contributed by atoms with van der Waals surface area (Å²) in [6.07, 6.45) is 3.60. The van der Waals surface area contributed by atoms with E-state index in [1.54, 1.807) is 7.11 Å². The molecule has 0 bridgehead atoms. The van der Waals surface area contributed by atoms with E-state index < -0.39 is 0 Å². The Morgan fingerprint density at radius 3 is 2.68 bits per heavy atom. The molecule has 37 heavy (non-hydrogen) atoms. The molecule has 0 unspecified atom stereocenters. The molecule has 3 heterocycles. The molecule has 10 nitrogen and oxygen atoms in total. The van der Waals surface area contributed by atoms with E-state index in [0.29, 0.717) is 61.7 Å². The van der Waals surface area contributed by atoms with E-state index in [0.717, 1.165) is 17.7 Å². The molecule has 2 fully saturated rings. The molecule has 2 aliphatic rings. The molecule has 0 aliphatic carbocycles. The number of carbonyl (C=O) groups is 1. The van der Waals surface area contributed by atoms with Crippen LogP contribution in [0.5, 0.6) is 5.75 Å². The molecule has 2 aliphatic heterocycles. The van der Waals surface area contributed by atoms with Crippen molar-refractivity contribution in [2.45, 2.75) is 12.5 Å². The van der Waals surface area contributed by atoms with Gasteiger partial charge in [0.2, 0.25) is 5.91 Å². The van der Waals surface area contributed by atoms with Crippen molar-refractivity contribution in [1.29, 1.82) is 0 Å². The minimum Gasteiger partial charge on any atom is -0.494 e. The zero-order valence-electron chi connectivity index (χ0n) is 20.7. The number of aromatic nitrogens is 2. The Morgan fingerprint density at radius 1 is 1.11 bits per heavy atom. The molecule has 5 rings (SSSR count). The zero-order chi connectivity index (χ0) is 25.6. The van der Waals surface area contributed by atoms with Crippen LogP contribution in [0.4, 0.5) is 28.7 Å². The molecule has 2 saturated heterocycles. The molecule has 0 spiro atoms. The minimum atomic E-state index is -0.298. The minimum absolute atomic E-state index is 0.0620. The summed E-state index contributed by atoms with van der Waals surface area (Å²) >= 11 is 0. The van der Waals surface area contributed by atoms with Gasteiger partial charge in [0.05, 0.1) is 50.0 Å². The van der Waals surface area contributed by atoms with E-state index >= 15 is 0 Å². The Balaban J connectivity index is 1.44. The summed E-state index contributed by atoms with van der Waals surface area (Å²) in [6.45, 7) is 6.83. The van der Waals surface area contributed by atoms with Crippen LogP contribution in [-0.2, 0) is 14.4 Å². The molecule has 0 saturated carbocycles. The Morgan fingerprint density at radius 2 is 1.92 bits per heavy atom. The first-order valence-electron chi connectivity index (χ1n) is 12.2. The van der Waals surface area contributed by atoms with Crippen LogP contribution in [-0.4, -0.2) is 55.9 Å². The van der Waals surface area contributed by atoms with E-state index in [-0.39, 0.29) is 11.9 Å². The van der Waals surface area contributed by atoms with Gasteiger partial charge < -0.3 is 25.0 Å². The van der Waals surface area contributed by atoms with Crippen molar-refractivity contribution < 1.29 is 19.1 Å². The van der Waals surface area contributed by atoms with E-state index in [9.17, 15) is 4.79 Å². The molecule has 192 valence electrons. The van der Waals surface area contributed by atoms with Crippen molar-refractivity contribution in [2.75, 3.05) is 60.6 Å². The highest BCUT2D eigenvalue weighted by Gasteiger charge is 2.29. The van der Waals surface area contributed by atoms with Gasteiger partial charge in [0.1, 0.15) is 17.9 Å². The maximum absolute atomic E-state index is 12.2. The van der Waals surface area contributed by atoms with Crippen LogP contribution >= 0.6 is 0 Å². The van der Waals surface area contributed by atoms with Gasteiger partial charge in [-0.2, -0.15) is 0 Å². The first-order valence-corrected chi connectivity index (χ1v) is 12.2. The molecule has 2 aromatic carbocycles. The fraction of sp³-hybridized carbons (Fsp3) is 0.296. The molecular weight excluding hydrogens is 472 g/mol. The molecule has 10 heteroatoms. The van der Waals surface area contributed by atoms with Crippen molar-refractivity contribution in [3.05, 3.63) is 73.1 Å². The molecular formula is C27H30N6O4. The summed E-state index contributed by atoms with van der Waals surface area (Å²) in [6, 6.07) is 15.9. The van der Waals surface area contributed by atoms with Crippen molar-refractivity contribution in [2.24, 2.45) is 0 Å². The van der Waals surface area contributed by atoms with E-state index in [2.05, 4.69) is 44.2 Å². The summed E-state index contributed by atoms with van der Waals surface area (Å²) in [5, 5.41) is 8.07. The van der Waals surface area contributed by atoms with E-state index in [4.69, 9.17) is 14.3 Å². The van der Waals surface area contributed by atoms with Gasteiger partial charge in [0.25, 0.3) is 0 Å². The number of hydroxylamine groups is 1. The monoisotopic (exact) mass is 502 g/mol. The molecule has 1 aromatic heterocycles. The molecule has 3 aromatic rings. The van der Waals surface area contributed by atoms with Gasteiger partial charge in [-0.05, 0) is 17.7 Å². The molecule has 1 amide bonds. The summed E-state index contributed by atoms with van der Waals surface area (Å²) in [5.74, 6) is 1.52. The predicted molar refractivity (Wildman–Crippen MR) is 142 cm³/mol. The van der Waals surface area contributed by atoms with Crippen LogP contribution in [0, 0.1) is 0 Å². The average Bonchev–Trinajstić information content (AvgIpc) is 3.44. The fourth-order valence-corrected chi connectivity index (χ4v) is 4.53. The highest BCUT2D eigenvalue weighted by molar-refractivity contribution is 6.02. The van der Waals surface area contributed by atoms with Crippen LogP contribution in [0.25, 0.3) is 0 Å². The van der Waals surface area contributed by atoms with Gasteiger partial charge in [-0.15, -0.1) is 0 Å². The highest BCUT2D eigenvalue weighted by atomic mass is 16.7. The van der Waals surface area contributed by atoms with Gasteiger partial charge in [-0.25, -0.2) is 15.0 Å². The largest absolute Gasteiger partial charge is 0.494 e. The Bertz CT molecular complexity index is 1250. The summed E-state index contributed by atoms with van der Waals surface area (Å²) < 4.78 is 11.2. The Labute approximate surface area is 215 Å². The van der Waals surface area contributed by atoms with Gasteiger partial charge in [0.15, 0.2) is 5.82 Å². The number of hydrogen-bond acceptors (Lipinski definition) is 9. The quantitative estimate of drug-likeness (QED) is 0.441. The van der Waals surface area contributed by atoms with E-state index in [1.807, 2.05) is 41.5 Å². The highest BCUT2D eigenvalue weighted by Crippen LogP contribution is 2.39. The van der Waals surface area contributed by atoms with Crippen LogP contribution in [0.1, 0.15) is 18.0 Å². The Kier molecular flexibility index (Phi) is 7.48. The number of hydrogen-bond donors (Lipinski definition) is 2. The first kappa shape index (κ1) is 24.5. The fourth-order valence-electron chi connectivity index (χ4n) is 4.53. The second kappa shape index (κ2) is 11.3. The lowest BCUT2D eigenvalue weighted by Gasteiger charge is -2.31. The van der Waals surface area contributed by atoms with Crippen LogP contribution in [0.2, 0.25) is 0 Å². The van der Waals surface area contributed by atoms with Crippen LogP contribution < -0.4 is 25.3 Å². The number of rotatable bonds is 8. The van der Waals surface area contributed by atoms with Crippen LogP contribution in [0.15, 0.2) is 67.5 Å². The van der Waals surface area contributed by atoms with Gasteiger partial charge in [-0.1, -0.05) is 36.9 Å². The maximum Gasteiger partial charge on any atom is 0.247 e. The number of benzene rings is 2. The number of morpholine rings is 1. The third kappa shape index (κ3) is 5.50. The van der Waals surface area contributed by atoms with Crippen molar-refractivity contribution in [3.8, 4) is 5.75 Å². The Hall–Kier alpha value is -4.15. The number of methoxy groups -OCH3 is 1. The summed E-state index contributed by atoms with van der Waals surface area (Å²) in [7, 11) is 1.61. The van der Waals surface area contributed by atoms with Crippen LogP contribution in [0.3, 0.4) is 0 Å². The lowest BCUT2D eigenvalue weighted by Crippen LogP contribution is -2.36. The summed E-state index contributed by atoms with van der Waals surface area (Å²) in [4.78, 5) is 29.2. The number of ether oxygens (including phenoxy) is 2. The third-order valence-corrected chi connectivity index (χ3v) is 6.34. The summed E-state index contributed by atoms with van der Waals surface area (Å²) in [5.41, 5.74) is 3.29. The standard InChI is InChI=1S/C27H30N6O4/c1-3-27(34)31-20-15-21(24(35-2)16-23(20)32-10-13-36-14-11-32)30-25-17-26(29-18-28-25)33-22(9-12-37-33)19-7-5-4-6-8-19/h3-8,15-18,22H,1,9-14H2,2H3,(H,31,34)(H,28,29,30)/t22-/m0/s1. The number of nitrogens with zero attached hydrogens (tertiary/aromatic N) is 4. The third-order valence-electron chi connectivity index (χ3n) is 6.34. The number of anilines is 5. The van der Waals surface area contributed by atoms with E-state index in [1.165, 1.54) is 12.4 Å². The molecule has 0 radical (unpaired) electrons. The van der Waals surface area contributed by atoms with Crippen molar-refractivity contribution >= 4 is 34.6 Å². The normalized spacial score (nSPS) is 17.4. The number of amides is 1.